The lowest BCUT2D eigenvalue weighted by atomic mass is 9.91. The Bertz CT molecular complexity index is 999. The van der Waals surface area contributed by atoms with Gasteiger partial charge in [-0.2, -0.15) is 0 Å². The van der Waals surface area contributed by atoms with Crippen LogP contribution in [-0.4, -0.2) is 65.8 Å². The molecule has 0 saturated carbocycles. The van der Waals surface area contributed by atoms with Crippen molar-refractivity contribution in [3.63, 3.8) is 0 Å². The highest BCUT2D eigenvalue weighted by Crippen LogP contribution is 2.37. The summed E-state index contributed by atoms with van der Waals surface area (Å²) in [6.45, 7) is 9.81. The first-order valence-corrected chi connectivity index (χ1v) is 12.7. The van der Waals surface area contributed by atoms with Crippen LogP contribution < -0.4 is 0 Å². The fourth-order valence-corrected chi connectivity index (χ4v) is 5.76. The van der Waals surface area contributed by atoms with E-state index in [1.54, 1.807) is 23.5 Å². The smallest absolute Gasteiger partial charge is 0.236 e. The number of nitrogens with zero attached hydrogens (tertiary/aromatic N) is 3. The summed E-state index contributed by atoms with van der Waals surface area (Å²) in [5.41, 5.74) is 2.02. The Balaban J connectivity index is 1.44. The van der Waals surface area contributed by atoms with E-state index in [2.05, 4.69) is 37.1 Å². The van der Waals surface area contributed by atoms with E-state index >= 15 is 0 Å². The van der Waals surface area contributed by atoms with Crippen LogP contribution in [0.4, 0.5) is 4.39 Å². The third-order valence-electron chi connectivity index (χ3n) is 6.45. The summed E-state index contributed by atoms with van der Waals surface area (Å²) in [6.07, 6.45) is 2.22. The van der Waals surface area contributed by atoms with Crippen molar-refractivity contribution in [3.05, 3.63) is 57.5 Å². The number of benzene rings is 1. The van der Waals surface area contributed by atoms with E-state index in [1.807, 2.05) is 15.9 Å². The molecule has 2 aliphatic heterocycles. The third-order valence-corrected chi connectivity index (χ3v) is 7.45. The van der Waals surface area contributed by atoms with E-state index < -0.39 is 0 Å². The van der Waals surface area contributed by atoms with E-state index in [0.29, 0.717) is 39.1 Å². The van der Waals surface area contributed by atoms with Crippen molar-refractivity contribution in [3.8, 4) is 0 Å². The van der Waals surface area contributed by atoms with E-state index in [1.165, 1.54) is 16.5 Å². The highest BCUT2D eigenvalue weighted by Gasteiger charge is 2.33. The first kappa shape index (κ1) is 23.9. The molecule has 0 spiro atoms. The Hall–Kier alpha value is -2.25. The summed E-state index contributed by atoms with van der Waals surface area (Å²) in [5.74, 6) is -0.00199. The molecule has 7 heteroatoms. The number of carbonyl (C=O) groups is 2. The molecule has 0 unspecified atom stereocenters. The molecule has 4 rings (SSSR count). The molecule has 1 saturated heterocycles. The molecular weight excluding hydrogens is 437 g/mol. The minimum absolute atomic E-state index is 0.0421. The average Bonchev–Trinajstić information content (AvgIpc) is 3.07. The van der Waals surface area contributed by atoms with Crippen LogP contribution in [0.5, 0.6) is 0 Å². The maximum atomic E-state index is 14.0. The summed E-state index contributed by atoms with van der Waals surface area (Å²) in [4.78, 5) is 33.3. The molecule has 0 N–H and O–H groups in total. The zero-order valence-electron chi connectivity index (χ0n) is 19.8. The van der Waals surface area contributed by atoms with Gasteiger partial charge in [-0.1, -0.05) is 32.9 Å². The fourth-order valence-electron chi connectivity index (χ4n) is 4.86. The quantitative estimate of drug-likeness (QED) is 0.667. The van der Waals surface area contributed by atoms with E-state index in [9.17, 15) is 14.0 Å². The Morgan fingerprint density at radius 1 is 1.03 bits per heavy atom. The van der Waals surface area contributed by atoms with Crippen LogP contribution in [0.2, 0.25) is 0 Å². The lowest BCUT2D eigenvalue weighted by Crippen LogP contribution is -2.45. The maximum absolute atomic E-state index is 14.0. The molecule has 0 radical (unpaired) electrons. The summed E-state index contributed by atoms with van der Waals surface area (Å²) >= 11 is 1.73. The van der Waals surface area contributed by atoms with Crippen molar-refractivity contribution >= 4 is 23.2 Å². The summed E-state index contributed by atoms with van der Waals surface area (Å²) < 4.78 is 14.0. The van der Waals surface area contributed by atoms with Gasteiger partial charge in [-0.3, -0.25) is 14.5 Å². The number of hydrogen-bond acceptors (Lipinski definition) is 4. The molecule has 178 valence electrons. The Kier molecular flexibility index (Phi) is 7.19. The van der Waals surface area contributed by atoms with Crippen molar-refractivity contribution in [2.45, 2.75) is 46.1 Å². The fraction of sp³-hybridized carbons (Fsp3) is 0.538. The molecule has 2 aliphatic rings. The highest BCUT2D eigenvalue weighted by molar-refractivity contribution is 7.10. The number of halogens is 1. The molecule has 0 aliphatic carbocycles. The van der Waals surface area contributed by atoms with E-state index in [4.69, 9.17) is 0 Å². The van der Waals surface area contributed by atoms with Crippen LogP contribution in [0.25, 0.3) is 0 Å². The zero-order valence-corrected chi connectivity index (χ0v) is 20.7. The van der Waals surface area contributed by atoms with Crippen LogP contribution in [0.3, 0.4) is 0 Å². The van der Waals surface area contributed by atoms with Crippen molar-refractivity contribution in [2.24, 2.45) is 5.41 Å². The molecule has 0 bridgehead atoms. The van der Waals surface area contributed by atoms with E-state index in [0.717, 1.165) is 24.9 Å². The first-order valence-electron chi connectivity index (χ1n) is 11.8. The van der Waals surface area contributed by atoms with Gasteiger partial charge >= 0.3 is 0 Å². The number of fused-ring (bicyclic) bond motifs is 1. The second-order valence-corrected chi connectivity index (χ2v) is 11.3. The molecule has 1 aromatic carbocycles. The van der Waals surface area contributed by atoms with Gasteiger partial charge in [0.15, 0.2) is 0 Å². The molecule has 33 heavy (non-hydrogen) atoms. The summed E-state index contributed by atoms with van der Waals surface area (Å²) in [7, 11) is 0. The topological polar surface area (TPSA) is 43.9 Å². The molecule has 3 heterocycles. The van der Waals surface area contributed by atoms with Crippen molar-refractivity contribution in [2.75, 3.05) is 39.3 Å². The lowest BCUT2D eigenvalue weighted by Gasteiger charge is -2.37. The first-order chi connectivity index (χ1) is 15.7. The normalized spacial score (nSPS) is 19.8. The molecule has 1 atom stereocenters. The number of thiophene rings is 1. The minimum atomic E-state index is -0.256. The highest BCUT2D eigenvalue weighted by atomic mass is 32.1. The molecule has 2 aromatic rings. The number of amides is 2. The van der Waals surface area contributed by atoms with Gasteiger partial charge in [0.2, 0.25) is 11.8 Å². The molecule has 1 fully saturated rings. The maximum Gasteiger partial charge on any atom is 0.236 e. The zero-order chi connectivity index (χ0) is 23.6. The Labute approximate surface area is 200 Å². The molecule has 2 amide bonds. The standard InChI is InChI=1S/C26H34FN3O2S/c1-26(2,3)17-23(31)28-10-5-11-29(14-13-28)24(32)18-30-12-8-22-21(9-15-33-22)25(30)19-6-4-7-20(27)16-19/h4,6-7,9,15-16,25H,5,8,10-14,17-18H2,1-3H3/t25-/m1/s1. The van der Waals surface area contributed by atoms with Crippen molar-refractivity contribution in [1.29, 1.82) is 0 Å². The average molecular weight is 472 g/mol. The van der Waals surface area contributed by atoms with Gasteiger partial charge in [0.1, 0.15) is 5.82 Å². The predicted octanol–water partition coefficient (Wildman–Crippen LogP) is 4.33. The van der Waals surface area contributed by atoms with Gasteiger partial charge in [0, 0.05) is 44.0 Å². The number of rotatable bonds is 4. The second-order valence-electron chi connectivity index (χ2n) is 10.3. The predicted molar refractivity (Wildman–Crippen MR) is 130 cm³/mol. The van der Waals surface area contributed by atoms with Crippen LogP contribution in [0.15, 0.2) is 35.7 Å². The van der Waals surface area contributed by atoms with Crippen molar-refractivity contribution < 1.29 is 14.0 Å². The monoisotopic (exact) mass is 471 g/mol. The van der Waals surface area contributed by atoms with Gasteiger partial charge in [0.05, 0.1) is 12.6 Å². The van der Waals surface area contributed by atoms with Gasteiger partial charge < -0.3 is 9.80 Å². The van der Waals surface area contributed by atoms with Gasteiger partial charge in [-0.25, -0.2) is 4.39 Å². The van der Waals surface area contributed by atoms with E-state index in [-0.39, 0.29) is 29.1 Å². The van der Waals surface area contributed by atoms with Gasteiger partial charge in [0.25, 0.3) is 0 Å². The Morgan fingerprint density at radius 3 is 2.45 bits per heavy atom. The van der Waals surface area contributed by atoms with Crippen LogP contribution >= 0.6 is 11.3 Å². The summed E-state index contributed by atoms with van der Waals surface area (Å²) in [6, 6.07) is 8.72. The minimum Gasteiger partial charge on any atom is -0.341 e. The largest absolute Gasteiger partial charge is 0.341 e. The molecular formula is C26H34FN3O2S. The van der Waals surface area contributed by atoms with Gasteiger partial charge in [-0.05, 0) is 53.0 Å². The SMILES string of the molecule is CC(C)(C)CC(=O)N1CCCN(C(=O)CN2CCc3sccc3[C@H]2c2cccc(F)c2)CC1. The van der Waals surface area contributed by atoms with Crippen LogP contribution in [0.1, 0.15) is 55.7 Å². The molecule has 1 aromatic heterocycles. The summed E-state index contributed by atoms with van der Waals surface area (Å²) in [5, 5.41) is 2.08. The molecule has 5 nitrogen and oxygen atoms in total. The van der Waals surface area contributed by atoms with Crippen LogP contribution in [0, 0.1) is 11.2 Å². The van der Waals surface area contributed by atoms with Crippen molar-refractivity contribution in [1.82, 2.24) is 14.7 Å². The van der Waals surface area contributed by atoms with Crippen LogP contribution in [-0.2, 0) is 16.0 Å². The number of carbonyl (C=O) groups excluding carboxylic acids is 2. The number of hydrogen-bond donors (Lipinski definition) is 0. The Morgan fingerprint density at radius 2 is 1.76 bits per heavy atom. The second kappa shape index (κ2) is 9.94. The third kappa shape index (κ3) is 5.82. The van der Waals surface area contributed by atoms with Gasteiger partial charge in [-0.15, -0.1) is 11.3 Å². The lowest BCUT2D eigenvalue weighted by molar-refractivity contribution is -0.135.